The van der Waals surface area contributed by atoms with Crippen LogP contribution in [-0.2, 0) is 0 Å². The number of halogens is 2. The van der Waals surface area contributed by atoms with E-state index in [0.717, 1.165) is 0 Å². The molecule has 1 N–H and O–H groups in total. The maximum Gasteiger partial charge on any atom is 0.267 e. The van der Waals surface area contributed by atoms with Gasteiger partial charge < -0.3 is 5.32 Å². The topological polar surface area (TPSA) is 76.9 Å². The Morgan fingerprint density at radius 1 is 1.14 bits per heavy atom. The van der Waals surface area contributed by atoms with Crippen molar-refractivity contribution in [3.05, 3.63) is 93.4 Å². The number of nitrogens with one attached hydrogen (secondary N) is 1. The third-order valence-corrected chi connectivity index (χ3v) is 4.72. The molecule has 0 unspecified atom stereocenters. The lowest BCUT2D eigenvalue weighted by atomic mass is 10.2. The molecule has 0 fully saturated rings. The van der Waals surface area contributed by atoms with Crippen molar-refractivity contribution in [1.29, 1.82) is 0 Å². The Kier molecular flexibility index (Phi) is 4.82. The lowest BCUT2D eigenvalue weighted by molar-refractivity contribution is 0.102. The number of anilines is 1. The predicted molar refractivity (Wildman–Crippen MR) is 109 cm³/mol. The first-order chi connectivity index (χ1) is 14.0. The summed E-state index contributed by atoms with van der Waals surface area (Å²) in [6.45, 7) is 1.65. The molecular weight excluding hydrogens is 395 g/mol. The molecule has 0 spiro atoms. The molecule has 0 atom stereocenters. The molecule has 0 aliphatic rings. The smallest absolute Gasteiger partial charge is 0.267 e. The maximum absolute atomic E-state index is 14.4. The molecule has 2 heterocycles. The van der Waals surface area contributed by atoms with Gasteiger partial charge in [0.25, 0.3) is 11.5 Å². The van der Waals surface area contributed by atoms with Gasteiger partial charge in [-0.3, -0.25) is 14.2 Å². The van der Waals surface area contributed by atoms with E-state index in [1.807, 2.05) is 0 Å². The molecule has 4 aromatic rings. The van der Waals surface area contributed by atoms with Crippen LogP contribution in [0.15, 0.2) is 65.6 Å². The van der Waals surface area contributed by atoms with Crippen LogP contribution in [-0.4, -0.2) is 20.4 Å². The fraction of sp³-hybridized carbons (Fsp3) is 0.0476. The molecule has 8 heteroatoms. The fourth-order valence-corrected chi connectivity index (χ4v) is 3.23. The average Bonchev–Trinajstić information content (AvgIpc) is 2.70. The first kappa shape index (κ1) is 18.8. The van der Waals surface area contributed by atoms with Gasteiger partial charge >= 0.3 is 0 Å². The van der Waals surface area contributed by atoms with E-state index >= 15 is 0 Å². The molecule has 1 amide bonds. The summed E-state index contributed by atoms with van der Waals surface area (Å²) in [6.07, 6.45) is 1.55. The van der Waals surface area contributed by atoms with Crippen molar-refractivity contribution >= 4 is 34.2 Å². The number of benzene rings is 2. The summed E-state index contributed by atoms with van der Waals surface area (Å²) >= 11 is 6.04. The summed E-state index contributed by atoms with van der Waals surface area (Å²) in [7, 11) is 0. The highest BCUT2D eigenvalue weighted by Crippen LogP contribution is 2.22. The molecular formula is C21H14ClFN4O2. The molecule has 144 valence electrons. The molecule has 6 nitrogen and oxygen atoms in total. The number of aryl methyl sites for hydroxylation is 1. The van der Waals surface area contributed by atoms with Gasteiger partial charge in [-0.05, 0) is 49.4 Å². The minimum absolute atomic E-state index is 0.0787. The number of carbonyl (C=O) groups excluding carboxylic acids is 1. The second-order valence-electron chi connectivity index (χ2n) is 6.27. The normalized spacial score (nSPS) is 10.9. The molecule has 0 aliphatic heterocycles. The third-order valence-electron chi connectivity index (χ3n) is 4.39. The van der Waals surface area contributed by atoms with Crippen molar-refractivity contribution in [1.82, 2.24) is 14.5 Å². The van der Waals surface area contributed by atoms with Crippen LogP contribution >= 0.6 is 11.6 Å². The van der Waals surface area contributed by atoms with E-state index in [1.54, 1.807) is 43.5 Å². The highest BCUT2D eigenvalue weighted by molar-refractivity contribution is 6.34. The van der Waals surface area contributed by atoms with Gasteiger partial charge in [0.1, 0.15) is 11.6 Å². The number of fused-ring (bicyclic) bond motifs is 1. The van der Waals surface area contributed by atoms with E-state index in [4.69, 9.17) is 11.6 Å². The van der Waals surface area contributed by atoms with Crippen molar-refractivity contribution in [2.24, 2.45) is 0 Å². The standard InChI is InChI=1S/C21H14ClFN4O2/c1-12-25-19-15(6-4-10-24-19)21(29)27(12)13-8-9-17(23)18(11-13)26-20(28)14-5-2-3-7-16(14)22/h2-11H,1H3,(H,26,28). The van der Waals surface area contributed by atoms with Gasteiger partial charge in [-0.15, -0.1) is 0 Å². The van der Waals surface area contributed by atoms with Gasteiger partial charge in [-0.2, -0.15) is 0 Å². The Hall–Kier alpha value is -3.58. The first-order valence-corrected chi connectivity index (χ1v) is 9.03. The van der Waals surface area contributed by atoms with Crippen molar-refractivity contribution in [2.75, 3.05) is 5.32 Å². The van der Waals surface area contributed by atoms with Crippen LogP contribution in [0.3, 0.4) is 0 Å². The number of aromatic nitrogens is 3. The van der Waals surface area contributed by atoms with Crippen molar-refractivity contribution in [2.45, 2.75) is 6.92 Å². The van der Waals surface area contributed by atoms with Crippen LogP contribution in [0.2, 0.25) is 5.02 Å². The minimum Gasteiger partial charge on any atom is -0.319 e. The van der Waals surface area contributed by atoms with Crippen molar-refractivity contribution in [3.8, 4) is 5.69 Å². The summed E-state index contributed by atoms with van der Waals surface area (Å²) in [5.74, 6) is -0.817. The number of hydrogen-bond acceptors (Lipinski definition) is 4. The van der Waals surface area contributed by atoms with Crippen LogP contribution in [0, 0.1) is 12.7 Å². The quantitative estimate of drug-likeness (QED) is 0.553. The monoisotopic (exact) mass is 408 g/mol. The van der Waals surface area contributed by atoms with Crippen LogP contribution in [0.4, 0.5) is 10.1 Å². The highest BCUT2D eigenvalue weighted by atomic mass is 35.5. The van der Waals surface area contributed by atoms with Gasteiger partial charge in [0.05, 0.1) is 27.3 Å². The van der Waals surface area contributed by atoms with Gasteiger partial charge in [-0.25, -0.2) is 14.4 Å². The van der Waals surface area contributed by atoms with Crippen molar-refractivity contribution < 1.29 is 9.18 Å². The largest absolute Gasteiger partial charge is 0.319 e. The Labute approximate surface area is 169 Å². The number of carbonyl (C=O) groups is 1. The number of rotatable bonds is 3. The van der Waals surface area contributed by atoms with Crippen LogP contribution in [0.1, 0.15) is 16.2 Å². The average molecular weight is 409 g/mol. The lowest BCUT2D eigenvalue weighted by Gasteiger charge is -2.13. The summed E-state index contributed by atoms with van der Waals surface area (Å²) in [4.78, 5) is 33.8. The van der Waals surface area contributed by atoms with E-state index in [-0.39, 0.29) is 21.8 Å². The Morgan fingerprint density at radius 3 is 2.72 bits per heavy atom. The SMILES string of the molecule is Cc1nc2ncccc2c(=O)n1-c1ccc(F)c(NC(=O)c2ccccc2Cl)c1. The summed E-state index contributed by atoms with van der Waals surface area (Å²) in [5.41, 5.74) is 0.494. The van der Waals surface area contributed by atoms with Gasteiger partial charge in [-0.1, -0.05) is 23.7 Å². The molecule has 29 heavy (non-hydrogen) atoms. The Morgan fingerprint density at radius 2 is 1.93 bits per heavy atom. The lowest BCUT2D eigenvalue weighted by Crippen LogP contribution is -2.23. The maximum atomic E-state index is 14.4. The molecule has 0 radical (unpaired) electrons. The fourth-order valence-electron chi connectivity index (χ4n) is 3.01. The first-order valence-electron chi connectivity index (χ1n) is 8.66. The molecule has 0 bridgehead atoms. The molecule has 0 saturated carbocycles. The second-order valence-corrected chi connectivity index (χ2v) is 6.68. The Balaban J connectivity index is 1.78. The van der Waals surface area contributed by atoms with Gasteiger partial charge in [0.15, 0.2) is 5.65 Å². The summed E-state index contributed by atoms with van der Waals surface area (Å²) in [6, 6.07) is 13.7. The van der Waals surface area contributed by atoms with E-state index in [9.17, 15) is 14.0 Å². The van der Waals surface area contributed by atoms with Gasteiger partial charge in [0, 0.05) is 6.20 Å². The van der Waals surface area contributed by atoms with Crippen LogP contribution in [0.25, 0.3) is 16.7 Å². The zero-order chi connectivity index (χ0) is 20.5. The zero-order valence-electron chi connectivity index (χ0n) is 15.2. The van der Waals surface area contributed by atoms with E-state index < -0.39 is 11.7 Å². The second kappa shape index (κ2) is 7.44. The van der Waals surface area contributed by atoms with E-state index in [2.05, 4.69) is 15.3 Å². The summed E-state index contributed by atoms with van der Waals surface area (Å²) < 4.78 is 15.7. The zero-order valence-corrected chi connectivity index (χ0v) is 15.9. The van der Waals surface area contributed by atoms with E-state index in [0.29, 0.717) is 22.5 Å². The number of amides is 1. The number of hydrogen-bond donors (Lipinski definition) is 1. The van der Waals surface area contributed by atoms with Crippen LogP contribution in [0.5, 0.6) is 0 Å². The number of nitrogens with zero attached hydrogens (tertiary/aromatic N) is 3. The Bertz CT molecular complexity index is 1320. The molecule has 0 aliphatic carbocycles. The minimum atomic E-state index is -0.643. The van der Waals surface area contributed by atoms with E-state index in [1.165, 1.54) is 28.8 Å². The molecule has 4 rings (SSSR count). The molecule has 0 saturated heterocycles. The van der Waals surface area contributed by atoms with Crippen molar-refractivity contribution in [3.63, 3.8) is 0 Å². The van der Waals surface area contributed by atoms with Gasteiger partial charge in [0.2, 0.25) is 0 Å². The van der Waals surface area contributed by atoms with Crippen LogP contribution < -0.4 is 10.9 Å². The third kappa shape index (κ3) is 3.48. The highest BCUT2D eigenvalue weighted by Gasteiger charge is 2.15. The predicted octanol–water partition coefficient (Wildman–Crippen LogP) is 4.13. The molecule has 2 aromatic carbocycles. The number of pyridine rings is 1. The molecule has 2 aromatic heterocycles. The summed E-state index contributed by atoms with van der Waals surface area (Å²) in [5, 5.41) is 3.09.